The molecule has 4 saturated heterocycles. The third kappa shape index (κ3) is 6.15. The van der Waals surface area contributed by atoms with Crippen molar-refractivity contribution in [2.24, 2.45) is 0 Å². The Labute approximate surface area is 288 Å². The number of rotatable bonds is 7. The van der Waals surface area contributed by atoms with Crippen LogP contribution in [0.3, 0.4) is 0 Å². The first-order valence-corrected chi connectivity index (χ1v) is 17.2. The second-order valence-electron chi connectivity index (χ2n) is 13.6. The fourth-order valence-corrected chi connectivity index (χ4v) is 7.88. The topological polar surface area (TPSA) is 157 Å². The first-order valence-electron chi connectivity index (χ1n) is 17.2. The standard InChI is InChI=1S/C36H39FN10O3/c37-29-15-25(46-14-11-33(49)41-36(46)50)6-5-23(29)19-44-12-9-22(10-13-44)24-17-39-35(40-18-24)47-26-7-8-27(47)21-45(20-26)31-16-30(42-43-34(31)38)28-3-1-2-4-32(28)48/h1-6,15-18,22,26-27,48H,7-14,19-21H2,(H2,38,43)(H,41,49,50). The number of aromatic hydroxyl groups is 1. The minimum Gasteiger partial charge on any atom is -0.507 e. The number of nitrogens with zero attached hydrogens (tertiary/aromatic N) is 8. The zero-order valence-corrected chi connectivity index (χ0v) is 27.6. The maximum absolute atomic E-state index is 15.1. The molecule has 4 fully saturated rings. The van der Waals surface area contributed by atoms with Gasteiger partial charge in [0.2, 0.25) is 11.9 Å². The first kappa shape index (κ1) is 31.9. The van der Waals surface area contributed by atoms with Gasteiger partial charge in [-0.2, -0.15) is 0 Å². The van der Waals surface area contributed by atoms with E-state index in [0.717, 1.165) is 69.1 Å². The van der Waals surface area contributed by atoms with E-state index in [0.29, 0.717) is 40.8 Å². The van der Waals surface area contributed by atoms with Gasteiger partial charge in [-0.3, -0.25) is 19.9 Å². The number of hydrogen-bond donors (Lipinski definition) is 3. The lowest BCUT2D eigenvalue weighted by Crippen LogP contribution is -2.54. The molecule has 50 heavy (non-hydrogen) atoms. The summed E-state index contributed by atoms with van der Waals surface area (Å²) in [6.45, 7) is 3.90. The van der Waals surface area contributed by atoms with E-state index in [1.165, 1.54) is 11.0 Å². The maximum Gasteiger partial charge on any atom is 0.328 e. The van der Waals surface area contributed by atoms with Crippen LogP contribution in [0.1, 0.15) is 49.1 Å². The smallest absolute Gasteiger partial charge is 0.328 e. The number of phenols is 1. The van der Waals surface area contributed by atoms with Crippen LogP contribution in [0, 0.1) is 5.82 Å². The molecule has 2 unspecified atom stereocenters. The third-order valence-corrected chi connectivity index (χ3v) is 10.5. The fraction of sp³-hybridized carbons (Fsp3) is 0.389. The summed E-state index contributed by atoms with van der Waals surface area (Å²) in [5, 5.41) is 21.1. The minimum absolute atomic E-state index is 0.151. The number of amides is 3. The van der Waals surface area contributed by atoms with E-state index in [-0.39, 0.29) is 42.5 Å². The Morgan fingerprint density at radius 3 is 2.36 bits per heavy atom. The second kappa shape index (κ2) is 13.2. The quantitative estimate of drug-likeness (QED) is 0.259. The number of carbonyl (C=O) groups is 2. The molecule has 13 nitrogen and oxygen atoms in total. The van der Waals surface area contributed by atoms with Crippen molar-refractivity contribution >= 4 is 35.1 Å². The molecule has 0 radical (unpaired) electrons. The lowest BCUT2D eigenvalue weighted by Gasteiger charge is -2.42. The Bertz CT molecular complexity index is 1900. The van der Waals surface area contributed by atoms with E-state index in [1.807, 2.05) is 30.6 Å². The number of nitrogen functional groups attached to an aromatic ring is 1. The van der Waals surface area contributed by atoms with Crippen molar-refractivity contribution in [3.8, 4) is 17.0 Å². The SMILES string of the molecule is Nc1nnc(-c2ccccc2O)cc1N1CC2CCC(C1)N2c1ncc(C2CCN(Cc3ccc(N4CCC(=O)NC4=O)cc3F)CC2)cn1. The third-order valence-electron chi connectivity index (χ3n) is 10.5. The number of halogens is 1. The number of likely N-dealkylation sites (tertiary alicyclic amines) is 1. The summed E-state index contributed by atoms with van der Waals surface area (Å²) in [5.74, 6) is 0.936. The normalized spacial score (nSPS) is 21.5. The van der Waals surface area contributed by atoms with Crippen LogP contribution in [-0.2, 0) is 11.3 Å². The van der Waals surface area contributed by atoms with Crippen LogP contribution < -0.4 is 25.8 Å². The highest BCUT2D eigenvalue weighted by Crippen LogP contribution is 2.38. The summed E-state index contributed by atoms with van der Waals surface area (Å²) >= 11 is 0. The van der Waals surface area contributed by atoms with Crippen LogP contribution >= 0.6 is 0 Å². The molecule has 2 bridgehead atoms. The summed E-state index contributed by atoms with van der Waals surface area (Å²) in [6.07, 6.45) is 8.07. The predicted molar refractivity (Wildman–Crippen MR) is 186 cm³/mol. The zero-order chi connectivity index (χ0) is 34.4. The molecule has 4 aliphatic heterocycles. The van der Waals surface area contributed by atoms with E-state index in [2.05, 4.69) is 30.2 Å². The number of imide groups is 1. The first-order chi connectivity index (χ1) is 24.3. The number of nitrogens with two attached hydrogens (primary N) is 1. The zero-order valence-electron chi connectivity index (χ0n) is 27.6. The van der Waals surface area contributed by atoms with Gasteiger partial charge in [0.1, 0.15) is 11.6 Å². The Morgan fingerprint density at radius 2 is 1.66 bits per heavy atom. The Balaban J connectivity index is 0.874. The molecule has 2 aromatic carbocycles. The lowest BCUT2D eigenvalue weighted by molar-refractivity contribution is -0.120. The van der Waals surface area contributed by atoms with Crippen LogP contribution in [0.2, 0.25) is 0 Å². The molecule has 8 rings (SSSR count). The van der Waals surface area contributed by atoms with Gasteiger partial charge in [0.05, 0.1) is 11.4 Å². The number of urea groups is 1. The maximum atomic E-state index is 15.1. The molecule has 258 valence electrons. The largest absolute Gasteiger partial charge is 0.507 e. The van der Waals surface area contributed by atoms with Crippen LogP contribution in [0.5, 0.6) is 5.75 Å². The molecule has 6 heterocycles. The molecule has 4 N–H and O–H groups in total. The van der Waals surface area contributed by atoms with Gasteiger partial charge >= 0.3 is 6.03 Å². The van der Waals surface area contributed by atoms with Gasteiger partial charge in [0.15, 0.2) is 5.82 Å². The number of fused-ring (bicyclic) bond motifs is 2. The Hall–Kier alpha value is -5.37. The molecule has 4 aliphatic rings. The number of piperidine rings is 1. The summed E-state index contributed by atoms with van der Waals surface area (Å²) in [7, 11) is 0. The van der Waals surface area contributed by atoms with E-state index in [4.69, 9.17) is 15.7 Å². The van der Waals surface area contributed by atoms with E-state index < -0.39 is 6.03 Å². The number of nitrogens with one attached hydrogen (secondary N) is 1. The molecule has 4 aromatic rings. The van der Waals surface area contributed by atoms with Crippen molar-refractivity contribution in [3.63, 3.8) is 0 Å². The van der Waals surface area contributed by atoms with E-state index >= 15 is 4.39 Å². The number of benzene rings is 2. The number of phenolic OH excluding ortho intramolecular Hbond substituents is 1. The van der Waals surface area contributed by atoms with Crippen molar-refractivity contribution in [1.82, 2.24) is 30.4 Å². The monoisotopic (exact) mass is 678 g/mol. The molecule has 0 aliphatic carbocycles. The number of piperazine rings is 1. The van der Waals surface area contributed by atoms with Crippen molar-refractivity contribution in [1.29, 1.82) is 0 Å². The highest BCUT2D eigenvalue weighted by molar-refractivity contribution is 6.05. The van der Waals surface area contributed by atoms with E-state index in [1.54, 1.807) is 24.3 Å². The van der Waals surface area contributed by atoms with Gasteiger partial charge in [-0.15, -0.1) is 10.2 Å². The number of hydrogen-bond acceptors (Lipinski definition) is 11. The van der Waals surface area contributed by atoms with Gasteiger partial charge in [-0.05, 0) is 80.6 Å². The molecule has 0 saturated carbocycles. The fourth-order valence-electron chi connectivity index (χ4n) is 7.88. The second-order valence-corrected chi connectivity index (χ2v) is 13.6. The van der Waals surface area contributed by atoms with Gasteiger partial charge in [-0.1, -0.05) is 18.2 Å². The van der Waals surface area contributed by atoms with Crippen molar-refractivity contribution in [2.75, 3.05) is 53.2 Å². The number of anilines is 4. The van der Waals surface area contributed by atoms with Crippen molar-refractivity contribution < 1.29 is 19.1 Å². The summed E-state index contributed by atoms with van der Waals surface area (Å²) in [5.41, 5.74) is 10.5. The van der Waals surface area contributed by atoms with Crippen LogP contribution in [0.25, 0.3) is 11.3 Å². The number of aromatic nitrogens is 4. The van der Waals surface area contributed by atoms with Crippen molar-refractivity contribution in [3.05, 3.63) is 77.9 Å². The molecule has 2 atom stereocenters. The van der Waals surface area contributed by atoms with Gasteiger partial charge in [0.25, 0.3) is 0 Å². The average molecular weight is 679 g/mol. The van der Waals surface area contributed by atoms with Gasteiger partial charge in [-0.25, -0.2) is 19.2 Å². The van der Waals surface area contributed by atoms with Crippen LogP contribution in [-0.4, -0.2) is 86.9 Å². The Morgan fingerprint density at radius 1 is 0.920 bits per heavy atom. The molecule has 0 spiro atoms. The molecule has 3 amide bonds. The van der Waals surface area contributed by atoms with Crippen LogP contribution in [0.15, 0.2) is 60.9 Å². The Kier molecular flexibility index (Phi) is 8.39. The van der Waals surface area contributed by atoms with Crippen LogP contribution in [0.4, 0.5) is 32.3 Å². The van der Waals surface area contributed by atoms with Crippen molar-refractivity contribution in [2.45, 2.75) is 56.7 Å². The molecule has 2 aromatic heterocycles. The van der Waals surface area contributed by atoms with Gasteiger partial charge < -0.3 is 20.6 Å². The minimum atomic E-state index is -0.521. The van der Waals surface area contributed by atoms with E-state index in [9.17, 15) is 14.7 Å². The molecule has 14 heteroatoms. The molecular weight excluding hydrogens is 639 g/mol. The predicted octanol–water partition coefficient (Wildman–Crippen LogP) is 4.04. The highest BCUT2D eigenvalue weighted by Gasteiger charge is 2.42. The number of carbonyl (C=O) groups excluding carboxylic acids is 2. The average Bonchev–Trinajstić information content (AvgIpc) is 3.38. The lowest BCUT2D eigenvalue weighted by atomic mass is 9.91. The summed E-state index contributed by atoms with van der Waals surface area (Å²) in [6, 6.07) is 13.8. The summed E-state index contributed by atoms with van der Waals surface area (Å²) < 4.78 is 15.1. The highest BCUT2D eigenvalue weighted by atomic mass is 19.1. The molecular formula is C36H39FN10O3. The number of para-hydroxylation sites is 1. The van der Waals surface area contributed by atoms with Gasteiger partial charge in [0, 0.05) is 73.9 Å². The summed E-state index contributed by atoms with van der Waals surface area (Å²) in [4.78, 5) is 41.6.